The molecule has 3 rings (SSSR count). The third kappa shape index (κ3) is 7.14. The maximum absolute atomic E-state index is 12.8. The largest absolute Gasteiger partial charge is 0.397 e. The van der Waals surface area contributed by atoms with E-state index in [0.717, 1.165) is 34.8 Å². The fourth-order valence-corrected chi connectivity index (χ4v) is 7.53. The second-order valence-electron chi connectivity index (χ2n) is 9.09. The van der Waals surface area contributed by atoms with Crippen LogP contribution in [-0.4, -0.2) is 41.9 Å². The molecule has 0 saturated carbocycles. The van der Waals surface area contributed by atoms with Gasteiger partial charge in [-0.15, -0.1) is 19.3 Å². The molecule has 0 aliphatic heterocycles. The van der Waals surface area contributed by atoms with Gasteiger partial charge in [0.1, 0.15) is 0 Å². The van der Waals surface area contributed by atoms with Crippen molar-refractivity contribution in [3.63, 3.8) is 0 Å². The minimum Gasteiger partial charge on any atom is -0.397 e. The molecule has 0 aliphatic rings. The van der Waals surface area contributed by atoms with Crippen LogP contribution < -0.4 is 11.1 Å². The van der Waals surface area contributed by atoms with E-state index >= 15 is 0 Å². The number of nitrogens with zero attached hydrogens (tertiary/aromatic N) is 1. The van der Waals surface area contributed by atoms with Crippen molar-refractivity contribution in [1.82, 2.24) is 4.90 Å². The highest BCUT2D eigenvalue weighted by atomic mass is 32.1. The van der Waals surface area contributed by atoms with E-state index in [1.165, 1.54) is 11.7 Å². The number of carbonyl (C=O) groups excluding carboxylic acids is 1. The van der Waals surface area contributed by atoms with Crippen molar-refractivity contribution in [1.29, 1.82) is 0 Å². The van der Waals surface area contributed by atoms with Crippen molar-refractivity contribution >= 4 is 36.5 Å². The maximum Gasteiger partial charge on any atom is 0.255 e. The Kier molecular flexibility index (Phi) is 9.08. The molecule has 3 aromatic rings. The summed E-state index contributed by atoms with van der Waals surface area (Å²) in [6.45, 7) is 11.4. The summed E-state index contributed by atoms with van der Waals surface area (Å²) < 4.78 is 0. The maximum atomic E-state index is 12.8. The smallest absolute Gasteiger partial charge is 0.255 e. The lowest BCUT2D eigenvalue weighted by atomic mass is 10.1. The molecule has 1 aromatic heterocycles. The number of anilines is 2. The van der Waals surface area contributed by atoms with Gasteiger partial charge in [-0.25, -0.2) is 0 Å². The summed E-state index contributed by atoms with van der Waals surface area (Å²) in [7, 11) is 2.23. The SMILES string of the molecule is CC(C)P(CCN(C)Cc1ccc(C(=O)Nc2cc(-c3cccs3)ccc2N)cc1)C(C)C. The predicted octanol–water partition coefficient (Wildman–Crippen LogP) is 6.98. The van der Waals surface area contributed by atoms with E-state index in [1.807, 2.05) is 53.9 Å². The quantitative estimate of drug-likeness (QED) is 0.243. The molecule has 0 fully saturated rings. The van der Waals surface area contributed by atoms with Crippen molar-refractivity contribution in [3.05, 3.63) is 71.1 Å². The molecule has 3 N–H and O–H groups in total. The van der Waals surface area contributed by atoms with E-state index in [4.69, 9.17) is 5.73 Å². The highest BCUT2D eigenvalue weighted by Gasteiger charge is 2.17. The summed E-state index contributed by atoms with van der Waals surface area (Å²) in [4.78, 5) is 16.4. The number of rotatable bonds is 10. The van der Waals surface area contributed by atoms with Crippen molar-refractivity contribution in [2.24, 2.45) is 0 Å². The van der Waals surface area contributed by atoms with E-state index in [0.29, 0.717) is 16.9 Å². The Balaban J connectivity index is 1.59. The normalized spacial score (nSPS) is 11.7. The van der Waals surface area contributed by atoms with Crippen LogP contribution in [0.15, 0.2) is 60.0 Å². The van der Waals surface area contributed by atoms with Crippen LogP contribution in [0.3, 0.4) is 0 Å². The van der Waals surface area contributed by atoms with Crippen LogP contribution in [0.4, 0.5) is 11.4 Å². The molecule has 1 heterocycles. The highest BCUT2D eigenvalue weighted by molar-refractivity contribution is 7.59. The van der Waals surface area contributed by atoms with Gasteiger partial charge in [-0.3, -0.25) is 4.79 Å². The topological polar surface area (TPSA) is 58.4 Å². The number of nitrogen functional groups attached to an aromatic ring is 1. The summed E-state index contributed by atoms with van der Waals surface area (Å²) >= 11 is 1.66. The van der Waals surface area contributed by atoms with Crippen LogP contribution in [0.25, 0.3) is 10.4 Å². The molecular formula is C27H36N3OPS. The molecule has 176 valence electrons. The molecule has 33 heavy (non-hydrogen) atoms. The van der Waals surface area contributed by atoms with E-state index in [9.17, 15) is 4.79 Å². The Labute approximate surface area is 204 Å². The number of benzene rings is 2. The van der Waals surface area contributed by atoms with Crippen LogP contribution in [0, 0.1) is 0 Å². The van der Waals surface area contributed by atoms with Gasteiger partial charge in [0.05, 0.1) is 11.4 Å². The zero-order valence-corrected chi connectivity index (χ0v) is 22.0. The predicted molar refractivity (Wildman–Crippen MR) is 147 cm³/mol. The Morgan fingerprint density at radius 3 is 2.36 bits per heavy atom. The third-order valence-electron chi connectivity index (χ3n) is 5.84. The molecule has 0 spiro atoms. The number of hydrogen-bond donors (Lipinski definition) is 2. The van der Waals surface area contributed by atoms with Crippen LogP contribution in [0.2, 0.25) is 0 Å². The zero-order chi connectivity index (χ0) is 24.0. The second kappa shape index (κ2) is 11.8. The van der Waals surface area contributed by atoms with Gasteiger partial charge in [-0.2, -0.15) is 0 Å². The molecule has 0 atom stereocenters. The van der Waals surface area contributed by atoms with Gasteiger partial charge in [0, 0.05) is 23.5 Å². The van der Waals surface area contributed by atoms with Crippen LogP contribution in [0.5, 0.6) is 0 Å². The first kappa shape index (κ1) is 25.4. The molecular weight excluding hydrogens is 445 g/mol. The first-order valence-electron chi connectivity index (χ1n) is 11.5. The van der Waals surface area contributed by atoms with Gasteiger partial charge in [0.2, 0.25) is 0 Å². The molecule has 2 aromatic carbocycles. The average Bonchev–Trinajstić information content (AvgIpc) is 3.30. The monoisotopic (exact) mass is 481 g/mol. The Bertz CT molecular complexity index is 1020. The Morgan fingerprint density at radius 1 is 1.06 bits per heavy atom. The van der Waals surface area contributed by atoms with Gasteiger partial charge in [0.15, 0.2) is 0 Å². The minimum absolute atomic E-state index is 0.0545. The molecule has 0 aliphatic carbocycles. The first-order chi connectivity index (χ1) is 15.7. The second-order valence-corrected chi connectivity index (χ2v) is 13.6. The molecule has 0 bridgehead atoms. The Hall–Kier alpha value is -2.20. The lowest BCUT2D eigenvalue weighted by Crippen LogP contribution is -2.23. The van der Waals surface area contributed by atoms with Crippen LogP contribution >= 0.6 is 19.3 Å². The van der Waals surface area contributed by atoms with E-state index in [-0.39, 0.29) is 13.8 Å². The van der Waals surface area contributed by atoms with Gasteiger partial charge in [-0.05, 0) is 71.4 Å². The van der Waals surface area contributed by atoms with Crippen LogP contribution in [-0.2, 0) is 6.54 Å². The van der Waals surface area contributed by atoms with E-state index < -0.39 is 0 Å². The number of nitrogens with one attached hydrogen (secondary N) is 1. The van der Waals surface area contributed by atoms with Crippen molar-refractivity contribution in [2.45, 2.75) is 45.6 Å². The van der Waals surface area contributed by atoms with E-state index in [2.05, 4.69) is 51.0 Å². The lowest BCUT2D eigenvalue weighted by Gasteiger charge is -2.28. The van der Waals surface area contributed by atoms with Crippen molar-refractivity contribution in [3.8, 4) is 10.4 Å². The first-order valence-corrected chi connectivity index (χ1v) is 14.1. The molecule has 0 radical (unpaired) electrons. The average molecular weight is 482 g/mol. The Morgan fingerprint density at radius 2 is 1.76 bits per heavy atom. The summed E-state index contributed by atoms with van der Waals surface area (Å²) in [5.74, 6) is -0.149. The molecule has 0 unspecified atom stereocenters. The van der Waals surface area contributed by atoms with Gasteiger partial charge >= 0.3 is 0 Å². The number of carbonyl (C=O) groups is 1. The third-order valence-corrected chi connectivity index (χ3v) is 10.1. The molecule has 4 nitrogen and oxygen atoms in total. The number of hydrogen-bond acceptors (Lipinski definition) is 4. The standard InChI is InChI=1S/C27H36N3OPS/c1-19(2)32(20(3)4)15-14-30(5)18-21-8-10-22(11-9-21)27(31)29-25-17-23(12-13-24(25)28)26-7-6-16-33-26/h6-13,16-17,19-20H,14-15,18,28H2,1-5H3,(H,29,31). The number of nitrogens with two attached hydrogens (primary N) is 1. The minimum atomic E-state index is -0.149. The fraction of sp³-hybridized carbons (Fsp3) is 0.370. The molecule has 0 saturated heterocycles. The summed E-state index contributed by atoms with van der Waals surface area (Å²) in [6, 6.07) is 17.7. The zero-order valence-electron chi connectivity index (χ0n) is 20.3. The molecule has 6 heteroatoms. The summed E-state index contributed by atoms with van der Waals surface area (Å²) in [5, 5.41) is 5.01. The van der Waals surface area contributed by atoms with Gasteiger partial charge in [0.25, 0.3) is 5.91 Å². The number of amides is 1. The lowest BCUT2D eigenvalue weighted by molar-refractivity contribution is 0.102. The number of thiophene rings is 1. The highest BCUT2D eigenvalue weighted by Crippen LogP contribution is 2.45. The van der Waals surface area contributed by atoms with E-state index in [1.54, 1.807) is 11.3 Å². The van der Waals surface area contributed by atoms with Gasteiger partial charge < -0.3 is 16.0 Å². The fourth-order valence-electron chi connectivity index (χ4n) is 4.01. The van der Waals surface area contributed by atoms with Gasteiger partial charge in [-0.1, -0.05) is 52.0 Å². The summed E-state index contributed by atoms with van der Waals surface area (Å²) in [6.07, 6.45) is 1.27. The van der Waals surface area contributed by atoms with Crippen molar-refractivity contribution < 1.29 is 4.79 Å². The summed E-state index contributed by atoms with van der Waals surface area (Å²) in [5.41, 5.74) is 11.8. The van der Waals surface area contributed by atoms with Crippen LogP contribution in [0.1, 0.15) is 43.6 Å². The molecule has 1 amide bonds. The van der Waals surface area contributed by atoms with Crippen molar-refractivity contribution in [2.75, 3.05) is 30.8 Å².